The van der Waals surface area contributed by atoms with Crippen molar-refractivity contribution in [3.63, 3.8) is 0 Å². The van der Waals surface area contributed by atoms with Gasteiger partial charge in [-0.15, -0.1) is 0 Å². The molecule has 14 heavy (non-hydrogen) atoms. The lowest BCUT2D eigenvalue weighted by Gasteiger charge is -2.07. The maximum absolute atomic E-state index is 8.73. The van der Waals surface area contributed by atoms with Crippen molar-refractivity contribution in [3.05, 3.63) is 18.1 Å². The smallest absolute Gasteiger partial charge is 0.182 e. The van der Waals surface area contributed by atoms with Gasteiger partial charge in [-0.3, -0.25) is 0 Å². The lowest BCUT2D eigenvalue weighted by atomic mass is 10.1. The van der Waals surface area contributed by atoms with Gasteiger partial charge in [0.25, 0.3) is 0 Å². The molecule has 1 N–H and O–H groups in total. The van der Waals surface area contributed by atoms with Crippen LogP contribution < -0.4 is 5.32 Å². The van der Waals surface area contributed by atoms with Gasteiger partial charge in [0.15, 0.2) is 11.5 Å². The molecule has 1 aromatic rings. The Morgan fingerprint density at radius 3 is 2.79 bits per heavy atom. The highest BCUT2D eigenvalue weighted by Crippen LogP contribution is 2.07. The maximum Gasteiger partial charge on any atom is 0.182 e. The van der Waals surface area contributed by atoms with Crippen LogP contribution in [0.4, 0.5) is 5.82 Å². The largest absolute Gasteiger partial charge is 0.368 e. The summed E-state index contributed by atoms with van der Waals surface area (Å²) in [6.07, 6.45) is 4.16. The summed E-state index contributed by atoms with van der Waals surface area (Å²) in [4.78, 5) is 7.96. The van der Waals surface area contributed by atoms with E-state index < -0.39 is 0 Å². The number of nitrogens with zero attached hydrogens (tertiary/aromatic N) is 3. The number of hydrogen-bond acceptors (Lipinski definition) is 4. The van der Waals surface area contributed by atoms with Crippen molar-refractivity contribution in [1.82, 2.24) is 9.97 Å². The Hall–Kier alpha value is -1.63. The first kappa shape index (κ1) is 10.5. The Balaban J connectivity index is 2.54. The number of hydrogen-bond donors (Lipinski definition) is 1. The van der Waals surface area contributed by atoms with E-state index in [9.17, 15) is 0 Å². The third-order valence-electron chi connectivity index (χ3n) is 1.82. The molecule has 1 aromatic heterocycles. The van der Waals surface area contributed by atoms with E-state index in [2.05, 4.69) is 29.1 Å². The zero-order chi connectivity index (χ0) is 10.4. The van der Waals surface area contributed by atoms with Crippen LogP contribution in [0.3, 0.4) is 0 Å². The van der Waals surface area contributed by atoms with Crippen molar-refractivity contribution in [2.45, 2.75) is 20.3 Å². The van der Waals surface area contributed by atoms with Crippen LogP contribution in [0.2, 0.25) is 0 Å². The van der Waals surface area contributed by atoms with E-state index in [1.807, 2.05) is 6.07 Å². The first-order chi connectivity index (χ1) is 6.74. The van der Waals surface area contributed by atoms with E-state index in [4.69, 9.17) is 5.26 Å². The van der Waals surface area contributed by atoms with Crippen LogP contribution >= 0.6 is 0 Å². The van der Waals surface area contributed by atoms with E-state index in [1.54, 1.807) is 6.20 Å². The summed E-state index contributed by atoms with van der Waals surface area (Å²) in [7, 11) is 0. The van der Waals surface area contributed by atoms with E-state index in [0.717, 1.165) is 13.0 Å². The fraction of sp³-hybridized carbons (Fsp3) is 0.500. The third-order valence-corrected chi connectivity index (χ3v) is 1.82. The maximum atomic E-state index is 8.73. The highest BCUT2D eigenvalue weighted by molar-refractivity contribution is 5.46. The molecule has 0 atom stereocenters. The van der Waals surface area contributed by atoms with Gasteiger partial charge in [0, 0.05) is 18.9 Å². The quantitative estimate of drug-likeness (QED) is 0.786. The molecule has 0 radical (unpaired) electrons. The minimum atomic E-state index is 0.358. The zero-order valence-corrected chi connectivity index (χ0v) is 8.49. The molecule has 0 spiro atoms. The molecule has 0 aliphatic heterocycles. The van der Waals surface area contributed by atoms with Crippen molar-refractivity contribution >= 4 is 5.82 Å². The summed E-state index contributed by atoms with van der Waals surface area (Å²) in [5.74, 6) is 1.22. The summed E-state index contributed by atoms with van der Waals surface area (Å²) in [6.45, 7) is 5.14. The van der Waals surface area contributed by atoms with Gasteiger partial charge >= 0.3 is 0 Å². The molecule has 1 heterocycles. The van der Waals surface area contributed by atoms with Gasteiger partial charge in [-0.25, -0.2) is 9.97 Å². The van der Waals surface area contributed by atoms with Crippen molar-refractivity contribution < 1.29 is 0 Å². The Bertz CT molecular complexity index is 327. The predicted octanol–water partition coefficient (Wildman–Crippen LogP) is 1.81. The standard InChI is InChI=1S/C10H14N4/c1-8(2)3-4-13-10-9(7-11)12-5-6-14-10/h5-6,8H,3-4H2,1-2H3,(H,13,14). The minimum Gasteiger partial charge on any atom is -0.368 e. The van der Waals surface area contributed by atoms with Gasteiger partial charge in [0.2, 0.25) is 0 Å². The van der Waals surface area contributed by atoms with Crippen LogP contribution in [0.1, 0.15) is 26.0 Å². The average molecular weight is 190 g/mol. The molecule has 4 nitrogen and oxygen atoms in total. The number of anilines is 1. The minimum absolute atomic E-state index is 0.358. The number of nitriles is 1. The van der Waals surface area contributed by atoms with Crippen LogP contribution in [0.25, 0.3) is 0 Å². The van der Waals surface area contributed by atoms with Crippen LogP contribution in [-0.4, -0.2) is 16.5 Å². The molecule has 0 aliphatic rings. The first-order valence-electron chi connectivity index (χ1n) is 4.69. The topological polar surface area (TPSA) is 61.6 Å². The van der Waals surface area contributed by atoms with Crippen LogP contribution in [0.15, 0.2) is 12.4 Å². The summed E-state index contributed by atoms with van der Waals surface area (Å²) < 4.78 is 0. The molecule has 0 aliphatic carbocycles. The molecule has 0 unspecified atom stereocenters. The van der Waals surface area contributed by atoms with Gasteiger partial charge in [-0.2, -0.15) is 5.26 Å². The molecular formula is C10H14N4. The van der Waals surface area contributed by atoms with E-state index in [0.29, 0.717) is 17.4 Å². The first-order valence-corrected chi connectivity index (χ1v) is 4.69. The molecule has 0 fully saturated rings. The van der Waals surface area contributed by atoms with Gasteiger partial charge in [-0.1, -0.05) is 13.8 Å². The second-order valence-electron chi connectivity index (χ2n) is 3.47. The Labute approximate surface area is 84.0 Å². The lowest BCUT2D eigenvalue weighted by molar-refractivity contribution is 0.606. The highest BCUT2D eigenvalue weighted by Gasteiger charge is 2.02. The fourth-order valence-corrected chi connectivity index (χ4v) is 1.03. The number of nitrogens with one attached hydrogen (secondary N) is 1. The van der Waals surface area contributed by atoms with Crippen LogP contribution in [-0.2, 0) is 0 Å². The summed E-state index contributed by atoms with van der Waals surface area (Å²) in [6, 6.07) is 2.00. The third kappa shape index (κ3) is 3.02. The number of rotatable bonds is 4. The van der Waals surface area contributed by atoms with Crippen molar-refractivity contribution in [1.29, 1.82) is 5.26 Å². The normalized spacial score (nSPS) is 9.86. The molecule has 4 heteroatoms. The van der Waals surface area contributed by atoms with Crippen molar-refractivity contribution in [3.8, 4) is 6.07 Å². The predicted molar refractivity (Wildman–Crippen MR) is 54.7 cm³/mol. The van der Waals surface area contributed by atoms with Gasteiger partial charge < -0.3 is 5.32 Å². The molecule has 0 saturated heterocycles. The second kappa shape index (κ2) is 5.18. The van der Waals surface area contributed by atoms with Crippen LogP contribution in [0, 0.1) is 17.2 Å². The highest BCUT2D eigenvalue weighted by atomic mass is 15.0. The monoisotopic (exact) mass is 190 g/mol. The molecule has 0 bridgehead atoms. The van der Waals surface area contributed by atoms with E-state index in [1.165, 1.54) is 6.20 Å². The molecule has 0 amide bonds. The van der Waals surface area contributed by atoms with E-state index in [-0.39, 0.29) is 0 Å². The lowest BCUT2D eigenvalue weighted by Crippen LogP contribution is -2.08. The van der Waals surface area contributed by atoms with Gasteiger partial charge in [-0.05, 0) is 12.3 Å². The molecule has 74 valence electrons. The van der Waals surface area contributed by atoms with Crippen LogP contribution in [0.5, 0.6) is 0 Å². The Morgan fingerprint density at radius 2 is 2.14 bits per heavy atom. The Morgan fingerprint density at radius 1 is 1.43 bits per heavy atom. The van der Waals surface area contributed by atoms with Gasteiger partial charge in [0.05, 0.1) is 0 Å². The summed E-state index contributed by atoms with van der Waals surface area (Å²) in [5.41, 5.74) is 0.358. The average Bonchev–Trinajstić information content (AvgIpc) is 2.18. The summed E-state index contributed by atoms with van der Waals surface area (Å²) in [5, 5.41) is 11.8. The SMILES string of the molecule is CC(C)CCNc1nccnc1C#N. The molecule has 0 aromatic carbocycles. The summed E-state index contributed by atoms with van der Waals surface area (Å²) >= 11 is 0. The molecular weight excluding hydrogens is 176 g/mol. The number of aromatic nitrogens is 2. The van der Waals surface area contributed by atoms with Crippen molar-refractivity contribution in [2.24, 2.45) is 5.92 Å². The van der Waals surface area contributed by atoms with Gasteiger partial charge in [0.1, 0.15) is 6.07 Å². The second-order valence-corrected chi connectivity index (χ2v) is 3.47. The Kier molecular flexibility index (Phi) is 3.86. The van der Waals surface area contributed by atoms with E-state index >= 15 is 0 Å². The fourth-order valence-electron chi connectivity index (χ4n) is 1.03. The zero-order valence-electron chi connectivity index (χ0n) is 8.49. The molecule has 0 saturated carbocycles. The molecule has 1 rings (SSSR count). The van der Waals surface area contributed by atoms with Crippen molar-refractivity contribution in [2.75, 3.05) is 11.9 Å².